The molecular weight excluding hydrogens is 506 g/mol. The van der Waals surface area contributed by atoms with Crippen LogP contribution in [-0.2, 0) is 21.4 Å². The van der Waals surface area contributed by atoms with Crippen molar-refractivity contribution in [3.63, 3.8) is 0 Å². The van der Waals surface area contributed by atoms with Gasteiger partial charge >= 0.3 is 0 Å². The van der Waals surface area contributed by atoms with Crippen LogP contribution in [0.5, 0.6) is 11.5 Å². The molecule has 1 amide bonds. The lowest BCUT2D eigenvalue weighted by molar-refractivity contribution is -0.126. The summed E-state index contributed by atoms with van der Waals surface area (Å²) in [7, 11) is 3.32. The van der Waals surface area contributed by atoms with Crippen LogP contribution in [0.25, 0.3) is 10.9 Å². The molecule has 0 saturated carbocycles. The summed E-state index contributed by atoms with van der Waals surface area (Å²) in [5.74, 6) is 1.92. The van der Waals surface area contributed by atoms with Gasteiger partial charge in [-0.2, -0.15) is 0 Å². The number of methoxy groups -OCH3 is 2. The molecule has 40 heavy (non-hydrogen) atoms. The van der Waals surface area contributed by atoms with E-state index in [1.54, 1.807) is 14.2 Å². The molecule has 2 aromatic carbocycles. The van der Waals surface area contributed by atoms with Crippen LogP contribution < -0.4 is 20.5 Å². The Labute approximate surface area is 238 Å². The van der Waals surface area contributed by atoms with E-state index in [0.717, 1.165) is 46.4 Å². The van der Waals surface area contributed by atoms with Crippen molar-refractivity contribution in [1.82, 2.24) is 10.3 Å². The number of aliphatic hydroxyl groups excluding tert-OH is 1. The molecule has 8 nitrogen and oxygen atoms in total. The molecule has 220 valence electrons. The molecule has 1 aromatic heterocycles. The van der Waals surface area contributed by atoms with Crippen molar-refractivity contribution >= 4 is 16.8 Å². The fourth-order valence-electron chi connectivity index (χ4n) is 5.01. The number of hydrogen-bond donors (Lipinski definition) is 4. The van der Waals surface area contributed by atoms with Crippen molar-refractivity contribution < 1.29 is 24.1 Å². The minimum Gasteiger partial charge on any atom is -0.497 e. The number of fused-ring (bicyclic) bond motifs is 1. The Hall–Kier alpha value is -3.07. The molecule has 3 unspecified atom stereocenters. The zero-order chi connectivity index (χ0) is 29.3. The standard InChI is InChI=1S/C32H47N3O5/c1-21(2)23(16-22-12-13-24(39-6)18-30(22)40-15-9-14-38-5)17-27(33)29(36)20-35-31(37)32(3,4)26-19-34-28-11-8-7-10-25(26)28/h7-8,10-13,18-19,21,23,27,29,34,36H,9,14-17,20,33H2,1-6H3,(H,35,37). The lowest BCUT2D eigenvalue weighted by atomic mass is 9.82. The highest BCUT2D eigenvalue weighted by Crippen LogP contribution is 2.32. The van der Waals surface area contributed by atoms with Gasteiger partial charge in [0, 0.05) is 55.9 Å². The number of nitrogens with two attached hydrogens (primary N) is 1. The Balaban J connectivity index is 1.62. The predicted octanol–water partition coefficient (Wildman–Crippen LogP) is 4.58. The third kappa shape index (κ3) is 7.99. The summed E-state index contributed by atoms with van der Waals surface area (Å²) in [6.45, 7) is 9.39. The number of carbonyl (C=O) groups excluding carboxylic acids is 1. The maximum atomic E-state index is 13.2. The van der Waals surface area contributed by atoms with Crippen LogP contribution in [0.1, 0.15) is 51.7 Å². The number of nitrogens with one attached hydrogen (secondary N) is 2. The summed E-state index contributed by atoms with van der Waals surface area (Å²) >= 11 is 0. The number of carbonyl (C=O) groups is 1. The first kappa shape index (κ1) is 31.5. The smallest absolute Gasteiger partial charge is 0.230 e. The van der Waals surface area contributed by atoms with Crippen LogP contribution in [-0.4, -0.2) is 62.1 Å². The van der Waals surface area contributed by atoms with Gasteiger partial charge in [-0.1, -0.05) is 38.1 Å². The Bertz CT molecular complexity index is 1220. The average Bonchev–Trinajstić information content (AvgIpc) is 3.39. The molecule has 0 radical (unpaired) electrons. The Morgan fingerprint density at radius 2 is 1.88 bits per heavy atom. The first-order chi connectivity index (χ1) is 19.1. The second-order valence-corrected chi connectivity index (χ2v) is 11.4. The molecule has 8 heteroatoms. The molecule has 0 aliphatic carbocycles. The molecule has 0 saturated heterocycles. The number of aromatic nitrogens is 1. The van der Waals surface area contributed by atoms with Gasteiger partial charge in [-0.25, -0.2) is 0 Å². The van der Waals surface area contributed by atoms with E-state index < -0.39 is 17.6 Å². The van der Waals surface area contributed by atoms with Gasteiger partial charge in [0.25, 0.3) is 0 Å². The van der Waals surface area contributed by atoms with Crippen molar-refractivity contribution in [2.45, 2.75) is 64.5 Å². The third-order valence-electron chi connectivity index (χ3n) is 7.82. The van der Waals surface area contributed by atoms with E-state index in [0.29, 0.717) is 25.6 Å². The number of ether oxygens (including phenoxy) is 3. The molecule has 3 rings (SSSR count). The van der Waals surface area contributed by atoms with Crippen LogP contribution >= 0.6 is 0 Å². The lowest BCUT2D eigenvalue weighted by Gasteiger charge is -2.29. The molecule has 0 aliphatic heterocycles. The van der Waals surface area contributed by atoms with Gasteiger partial charge in [-0.15, -0.1) is 0 Å². The molecule has 0 aliphatic rings. The summed E-state index contributed by atoms with van der Waals surface area (Å²) in [6, 6.07) is 13.3. The Morgan fingerprint density at radius 1 is 1.12 bits per heavy atom. The third-order valence-corrected chi connectivity index (χ3v) is 7.82. The highest BCUT2D eigenvalue weighted by Gasteiger charge is 2.33. The molecule has 0 fully saturated rings. The van der Waals surface area contributed by atoms with E-state index in [1.165, 1.54) is 0 Å². The quantitative estimate of drug-likeness (QED) is 0.193. The van der Waals surface area contributed by atoms with E-state index in [4.69, 9.17) is 19.9 Å². The minimum atomic E-state index is -0.871. The van der Waals surface area contributed by atoms with Gasteiger partial charge < -0.3 is 35.4 Å². The summed E-state index contributed by atoms with van der Waals surface area (Å²) in [4.78, 5) is 16.5. The second kappa shape index (κ2) is 14.5. The van der Waals surface area contributed by atoms with E-state index in [9.17, 15) is 9.90 Å². The van der Waals surface area contributed by atoms with Crippen LogP contribution in [0.15, 0.2) is 48.7 Å². The Morgan fingerprint density at radius 3 is 2.58 bits per heavy atom. The van der Waals surface area contributed by atoms with Gasteiger partial charge in [0.15, 0.2) is 0 Å². The first-order valence-electron chi connectivity index (χ1n) is 14.2. The maximum absolute atomic E-state index is 13.2. The molecule has 1 heterocycles. The van der Waals surface area contributed by atoms with Crippen molar-refractivity contribution in [2.24, 2.45) is 17.6 Å². The number of aromatic amines is 1. The molecule has 3 aromatic rings. The van der Waals surface area contributed by atoms with E-state index >= 15 is 0 Å². The fraction of sp³-hybridized carbons (Fsp3) is 0.531. The predicted molar refractivity (Wildman–Crippen MR) is 160 cm³/mol. The van der Waals surface area contributed by atoms with Gasteiger partial charge in [0.05, 0.1) is 25.2 Å². The number of aliphatic hydroxyl groups is 1. The van der Waals surface area contributed by atoms with Crippen molar-refractivity contribution in [3.8, 4) is 11.5 Å². The van der Waals surface area contributed by atoms with Gasteiger partial charge in [0.1, 0.15) is 11.5 Å². The lowest BCUT2D eigenvalue weighted by Crippen LogP contribution is -2.48. The number of rotatable bonds is 16. The Kier molecular flexibility index (Phi) is 11.4. The molecule has 0 spiro atoms. The second-order valence-electron chi connectivity index (χ2n) is 11.4. The van der Waals surface area contributed by atoms with Crippen LogP contribution in [0.3, 0.4) is 0 Å². The normalized spacial score (nSPS) is 14.2. The molecule has 5 N–H and O–H groups in total. The van der Waals surface area contributed by atoms with E-state index in [-0.39, 0.29) is 18.4 Å². The van der Waals surface area contributed by atoms with Crippen LogP contribution in [0.4, 0.5) is 0 Å². The largest absolute Gasteiger partial charge is 0.497 e. The van der Waals surface area contributed by atoms with Crippen molar-refractivity contribution in [2.75, 3.05) is 34.0 Å². The molecular formula is C32H47N3O5. The maximum Gasteiger partial charge on any atom is 0.230 e. The molecule has 0 bridgehead atoms. The van der Waals surface area contributed by atoms with Gasteiger partial charge in [0.2, 0.25) is 5.91 Å². The first-order valence-corrected chi connectivity index (χ1v) is 14.2. The minimum absolute atomic E-state index is 0.0903. The summed E-state index contributed by atoms with van der Waals surface area (Å²) in [6.07, 6.45) is 3.16. The highest BCUT2D eigenvalue weighted by atomic mass is 16.5. The van der Waals surface area contributed by atoms with Gasteiger partial charge in [-0.3, -0.25) is 4.79 Å². The monoisotopic (exact) mass is 553 g/mol. The fourth-order valence-corrected chi connectivity index (χ4v) is 5.01. The number of H-pyrrole nitrogens is 1. The number of benzene rings is 2. The number of amides is 1. The van der Waals surface area contributed by atoms with Crippen LogP contribution in [0, 0.1) is 11.8 Å². The topological polar surface area (TPSA) is 119 Å². The number of hydrogen-bond acceptors (Lipinski definition) is 6. The van der Waals surface area contributed by atoms with E-state index in [2.05, 4.69) is 24.1 Å². The SMILES string of the molecule is COCCCOc1cc(OC)ccc1CC(CC(N)C(O)CNC(=O)C(C)(C)c1c[nH]c2ccccc12)C(C)C. The van der Waals surface area contributed by atoms with Gasteiger partial charge in [-0.05, 0) is 61.8 Å². The zero-order valence-corrected chi connectivity index (χ0v) is 24.8. The van der Waals surface area contributed by atoms with Crippen molar-refractivity contribution in [1.29, 1.82) is 0 Å². The summed E-state index contributed by atoms with van der Waals surface area (Å²) < 4.78 is 16.6. The van der Waals surface area contributed by atoms with Crippen LogP contribution in [0.2, 0.25) is 0 Å². The highest BCUT2D eigenvalue weighted by molar-refractivity contribution is 5.94. The summed E-state index contributed by atoms with van der Waals surface area (Å²) in [5.41, 5.74) is 8.70. The summed E-state index contributed by atoms with van der Waals surface area (Å²) in [5, 5.41) is 14.9. The van der Waals surface area contributed by atoms with E-state index in [1.807, 2.05) is 62.5 Å². The zero-order valence-electron chi connectivity index (χ0n) is 24.8. The number of para-hydroxylation sites is 1. The van der Waals surface area contributed by atoms with Crippen molar-refractivity contribution in [3.05, 3.63) is 59.8 Å². The molecule has 3 atom stereocenters. The average molecular weight is 554 g/mol.